The van der Waals surface area contributed by atoms with E-state index in [1.54, 1.807) is 6.20 Å². The van der Waals surface area contributed by atoms with Crippen LogP contribution in [-0.2, 0) is 15.0 Å². The lowest BCUT2D eigenvalue weighted by molar-refractivity contribution is -0.135. The number of aromatic nitrogens is 2. The first kappa shape index (κ1) is 15.8. The predicted octanol–water partition coefficient (Wildman–Crippen LogP) is 3.46. The lowest BCUT2D eigenvalue weighted by Crippen LogP contribution is -2.41. The number of rotatable bonds is 1. The number of benzene rings is 1. The number of nitrogens with one attached hydrogen (secondary N) is 1. The third kappa shape index (κ3) is 2.42. The van der Waals surface area contributed by atoms with E-state index in [4.69, 9.17) is 0 Å². The number of amides is 2. The molecule has 5 heteroatoms. The van der Waals surface area contributed by atoms with Gasteiger partial charge in [0, 0.05) is 23.4 Å². The normalized spacial score (nSPS) is 18.8. The van der Waals surface area contributed by atoms with Gasteiger partial charge >= 0.3 is 0 Å². The van der Waals surface area contributed by atoms with Gasteiger partial charge in [0.2, 0.25) is 11.8 Å². The van der Waals surface area contributed by atoms with Crippen molar-refractivity contribution in [2.24, 2.45) is 0 Å². The number of nitrogens with zero attached hydrogens (tertiary/aromatic N) is 2. The molecule has 1 N–H and O–H groups in total. The molecule has 25 heavy (non-hydrogen) atoms. The zero-order valence-electron chi connectivity index (χ0n) is 14.7. The number of pyridine rings is 1. The molecular formula is C20H21N3O2. The van der Waals surface area contributed by atoms with Crippen LogP contribution >= 0.6 is 0 Å². The molecule has 1 atom stereocenters. The lowest BCUT2D eigenvalue weighted by atomic mass is 9.84. The van der Waals surface area contributed by atoms with Crippen LogP contribution in [0.3, 0.4) is 0 Å². The molecule has 0 saturated carbocycles. The van der Waals surface area contributed by atoms with Crippen LogP contribution in [0, 0.1) is 0 Å². The predicted molar refractivity (Wildman–Crippen MR) is 97.4 cm³/mol. The minimum Gasteiger partial charge on any atom is -0.313 e. The molecule has 0 bridgehead atoms. The summed E-state index contributed by atoms with van der Waals surface area (Å²) in [5.41, 5.74) is 2.99. The fourth-order valence-electron chi connectivity index (χ4n) is 3.79. The molecular weight excluding hydrogens is 314 g/mol. The van der Waals surface area contributed by atoms with Gasteiger partial charge in [-0.3, -0.25) is 14.9 Å². The molecule has 2 aromatic heterocycles. The first-order valence-corrected chi connectivity index (χ1v) is 8.60. The third-order valence-corrected chi connectivity index (χ3v) is 4.92. The van der Waals surface area contributed by atoms with Gasteiger partial charge in [-0.25, -0.2) is 4.98 Å². The van der Waals surface area contributed by atoms with Gasteiger partial charge in [-0.1, -0.05) is 32.9 Å². The molecule has 2 amide bonds. The van der Waals surface area contributed by atoms with Crippen LogP contribution in [-0.4, -0.2) is 21.4 Å². The SMILES string of the molecule is CC(C)(C)c1cccc2c1c1cccnc1n2C1CCC(=O)NC1=O. The lowest BCUT2D eigenvalue weighted by Gasteiger charge is -2.24. The van der Waals surface area contributed by atoms with E-state index in [1.165, 1.54) is 5.56 Å². The molecule has 1 aliphatic rings. The first-order chi connectivity index (χ1) is 11.9. The molecule has 128 valence electrons. The summed E-state index contributed by atoms with van der Waals surface area (Å²) >= 11 is 0. The Bertz CT molecular complexity index is 1010. The Balaban J connectivity index is 2.07. The van der Waals surface area contributed by atoms with Crippen LogP contribution in [0.2, 0.25) is 0 Å². The van der Waals surface area contributed by atoms with E-state index in [-0.39, 0.29) is 17.2 Å². The van der Waals surface area contributed by atoms with Crippen molar-refractivity contribution in [2.45, 2.75) is 45.1 Å². The summed E-state index contributed by atoms with van der Waals surface area (Å²) in [5.74, 6) is -0.452. The highest BCUT2D eigenvalue weighted by molar-refractivity contribution is 6.10. The van der Waals surface area contributed by atoms with E-state index in [2.05, 4.69) is 43.2 Å². The Kier molecular flexibility index (Phi) is 3.42. The molecule has 4 rings (SSSR count). The summed E-state index contributed by atoms with van der Waals surface area (Å²) in [6, 6.07) is 9.78. The molecule has 3 heterocycles. The van der Waals surface area contributed by atoms with Crippen molar-refractivity contribution in [3.8, 4) is 0 Å². The van der Waals surface area contributed by atoms with Gasteiger partial charge < -0.3 is 4.57 Å². The van der Waals surface area contributed by atoms with Gasteiger partial charge in [0.1, 0.15) is 11.7 Å². The van der Waals surface area contributed by atoms with Gasteiger partial charge in [-0.05, 0) is 35.6 Å². The van der Waals surface area contributed by atoms with Crippen molar-refractivity contribution in [1.82, 2.24) is 14.9 Å². The van der Waals surface area contributed by atoms with E-state index in [0.717, 1.165) is 21.9 Å². The van der Waals surface area contributed by atoms with Crippen LogP contribution in [0.15, 0.2) is 36.5 Å². The molecule has 0 aliphatic carbocycles. The molecule has 3 aromatic rings. The topological polar surface area (TPSA) is 64.0 Å². The molecule has 1 unspecified atom stereocenters. The second-order valence-electron chi connectivity index (χ2n) is 7.66. The van der Waals surface area contributed by atoms with Crippen molar-refractivity contribution >= 4 is 33.8 Å². The third-order valence-electron chi connectivity index (χ3n) is 4.92. The maximum atomic E-state index is 12.5. The average molecular weight is 335 g/mol. The summed E-state index contributed by atoms with van der Waals surface area (Å²) in [6.07, 6.45) is 2.60. The van der Waals surface area contributed by atoms with Gasteiger partial charge in [0.05, 0.1) is 5.52 Å². The second kappa shape index (κ2) is 5.41. The van der Waals surface area contributed by atoms with Gasteiger partial charge in [0.25, 0.3) is 0 Å². The molecule has 0 spiro atoms. The zero-order chi connectivity index (χ0) is 17.8. The summed E-state index contributed by atoms with van der Waals surface area (Å²) in [6.45, 7) is 6.56. The van der Waals surface area contributed by atoms with Crippen LogP contribution < -0.4 is 5.32 Å². The summed E-state index contributed by atoms with van der Waals surface area (Å²) in [5, 5.41) is 4.66. The Morgan fingerprint density at radius 3 is 2.68 bits per heavy atom. The molecule has 0 radical (unpaired) electrons. The number of imide groups is 1. The molecule has 1 aliphatic heterocycles. The number of carbonyl (C=O) groups is 2. The van der Waals surface area contributed by atoms with Gasteiger partial charge in [0.15, 0.2) is 0 Å². The number of fused-ring (bicyclic) bond motifs is 3. The standard InChI is InChI=1S/C20H21N3O2/c1-20(2,3)13-7-4-8-14-17(13)12-6-5-11-21-18(12)23(14)15-9-10-16(24)22-19(15)25/h4-8,11,15H,9-10H2,1-3H3,(H,22,24,25). The Morgan fingerprint density at radius 2 is 1.96 bits per heavy atom. The number of hydrogen-bond acceptors (Lipinski definition) is 3. The Hall–Kier alpha value is -2.69. The maximum Gasteiger partial charge on any atom is 0.249 e. The van der Waals surface area contributed by atoms with E-state index < -0.39 is 6.04 Å². The smallest absolute Gasteiger partial charge is 0.249 e. The molecule has 1 aromatic carbocycles. The average Bonchev–Trinajstić information content (AvgIpc) is 2.89. The highest BCUT2D eigenvalue weighted by Gasteiger charge is 2.32. The monoisotopic (exact) mass is 335 g/mol. The molecule has 5 nitrogen and oxygen atoms in total. The van der Waals surface area contributed by atoms with E-state index in [1.807, 2.05) is 22.8 Å². The quantitative estimate of drug-likeness (QED) is 0.693. The van der Waals surface area contributed by atoms with E-state index in [9.17, 15) is 9.59 Å². The number of carbonyl (C=O) groups excluding carboxylic acids is 2. The minimum atomic E-state index is -0.414. The van der Waals surface area contributed by atoms with E-state index >= 15 is 0 Å². The van der Waals surface area contributed by atoms with Gasteiger partial charge in [-0.2, -0.15) is 0 Å². The number of piperidine rings is 1. The fraction of sp³-hybridized carbons (Fsp3) is 0.350. The zero-order valence-corrected chi connectivity index (χ0v) is 14.7. The number of hydrogen-bond donors (Lipinski definition) is 1. The first-order valence-electron chi connectivity index (χ1n) is 8.60. The highest BCUT2D eigenvalue weighted by atomic mass is 16.2. The van der Waals surface area contributed by atoms with Crippen molar-refractivity contribution in [2.75, 3.05) is 0 Å². The largest absolute Gasteiger partial charge is 0.313 e. The summed E-state index contributed by atoms with van der Waals surface area (Å²) < 4.78 is 2.00. The van der Waals surface area contributed by atoms with Crippen LogP contribution in [0.25, 0.3) is 21.9 Å². The van der Waals surface area contributed by atoms with Crippen LogP contribution in [0.4, 0.5) is 0 Å². The van der Waals surface area contributed by atoms with Crippen LogP contribution in [0.5, 0.6) is 0 Å². The van der Waals surface area contributed by atoms with Crippen molar-refractivity contribution in [1.29, 1.82) is 0 Å². The minimum absolute atomic E-state index is 0.0285. The van der Waals surface area contributed by atoms with Crippen molar-refractivity contribution in [3.05, 3.63) is 42.1 Å². The summed E-state index contributed by atoms with van der Waals surface area (Å²) in [7, 11) is 0. The second-order valence-corrected chi connectivity index (χ2v) is 7.66. The maximum absolute atomic E-state index is 12.5. The van der Waals surface area contributed by atoms with Crippen LogP contribution in [0.1, 0.15) is 45.2 Å². The fourth-order valence-corrected chi connectivity index (χ4v) is 3.79. The van der Waals surface area contributed by atoms with E-state index in [0.29, 0.717) is 12.8 Å². The van der Waals surface area contributed by atoms with Crippen molar-refractivity contribution in [3.63, 3.8) is 0 Å². The van der Waals surface area contributed by atoms with Gasteiger partial charge in [-0.15, -0.1) is 0 Å². The highest BCUT2D eigenvalue weighted by Crippen LogP contribution is 2.38. The molecule has 1 saturated heterocycles. The Labute approximate surface area is 146 Å². The molecule has 1 fully saturated rings. The Morgan fingerprint density at radius 1 is 1.16 bits per heavy atom. The summed E-state index contributed by atoms with van der Waals surface area (Å²) in [4.78, 5) is 28.6. The van der Waals surface area contributed by atoms with Crippen molar-refractivity contribution < 1.29 is 9.59 Å².